The van der Waals surface area contributed by atoms with Crippen LogP contribution in [-0.2, 0) is 28.6 Å². The summed E-state index contributed by atoms with van der Waals surface area (Å²) in [7, 11) is 0. The molecule has 0 N–H and O–H groups in total. The average molecular weight is 990 g/mol. The largest absolute Gasteiger partial charge is 0.462 e. The number of hydrogen-bond donors (Lipinski definition) is 0. The number of ether oxygens (including phenoxy) is 3. The molecule has 0 spiro atoms. The van der Waals surface area contributed by atoms with Gasteiger partial charge in [-0.15, -0.1) is 0 Å². The molecule has 0 aromatic carbocycles. The fourth-order valence-corrected chi connectivity index (χ4v) is 9.93. The summed E-state index contributed by atoms with van der Waals surface area (Å²) < 4.78 is 16.9. The van der Waals surface area contributed by atoms with Crippen molar-refractivity contribution in [3.63, 3.8) is 0 Å². The molecule has 0 aromatic rings. The Labute approximate surface area is 438 Å². The highest BCUT2D eigenvalue weighted by Gasteiger charge is 2.19. The minimum Gasteiger partial charge on any atom is -0.462 e. The topological polar surface area (TPSA) is 78.9 Å². The molecule has 6 nitrogen and oxygen atoms in total. The van der Waals surface area contributed by atoms with Gasteiger partial charge >= 0.3 is 17.9 Å². The highest BCUT2D eigenvalue weighted by molar-refractivity contribution is 5.71. The first-order valence-electron chi connectivity index (χ1n) is 31.7. The average Bonchev–Trinajstić information content (AvgIpc) is 3.33. The first-order chi connectivity index (χ1) is 34.2. The van der Waals surface area contributed by atoms with Crippen LogP contribution in [0.4, 0.5) is 0 Å². The Hall–Kier alpha value is -1.59. The lowest BCUT2D eigenvalue weighted by molar-refractivity contribution is -0.167. The van der Waals surface area contributed by atoms with E-state index in [2.05, 4.69) is 34.6 Å². The van der Waals surface area contributed by atoms with E-state index in [9.17, 15) is 14.4 Å². The zero-order chi connectivity index (χ0) is 51.1. The van der Waals surface area contributed by atoms with Crippen molar-refractivity contribution >= 4 is 17.9 Å². The van der Waals surface area contributed by atoms with Crippen LogP contribution < -0.4 is 0 Å². The Balaban J connectivity index is 4.25. The lowest BCUT2D eigenvalue weighted by Crippen LogP contribution is -2.30. The molecule has 0 bridgehead atoms. The molecule has 0 aliphatic carbocycles. The van der Waals surface area contributed by atoms with Crippen LogP contribution in [0.2, 0.25) is 0 Å². The summed E-state index contributed by atoms with van der Waals surface area (Å²) in [5, 5.41) is 0. The molecule has 0 unspecified atom stereocenters. The molecular weight excluding hydrogens is 865 g/mol. The highest BCUT2D eigenvalue weighted by atomic mass is 16.6. The molecule has 0 aromatic heterocycles. The van der Waals surface area contributed by atoms with Gasteiger partial charge < -0.3 is 14.2 Å². The molecule has 0 amide bonds. The van der Waals surface area contributed by atoms with E-state index in [-0.39, 0.29) is 31.1 Å². The number of rotatable bonds is 58. The van der Waals surface area contributed by atoms with Crippen molar-refractivity contribution in [2.45, 2.75) is 368 Å². The maximum atomic E-state index is 12.9. The van der Waals surface area contributed by atoms with E-state index in [4.69, 9.17) is 14.2 Å². The van der Waals surface area contributed by atoms with Gasteiger partial charge in [0.15, 0.2) is 6.10 Å². The summed E-state index contributed by atoms with van der Waals surface area (Å²) in [5.41, 5.74) is 0. The van der Waals surface area contributed by atoms with Crippen LogP contribution in [0.3, 0.4) is 0 Å². The second-order valence-corrected chi connectivity index (χ2v) is 23.0. The predicted molar refractivity (Wildman–Crippen MR) is 303 cm³/mol. The van der Waals surface area contributed by atoms with Crippen LogP contribution >= 0.6 is 0 Å². The van der Waals surface area contributed by atoms with Gasteiger partial charge in [0.2, 0.25) is 0 Å². The minimum absolute atomic E-state index is 0.0621. The number of unbranched alkanes of at least 4 members (excludes halogenated alkanes) is 43. The predicted octanol–water partition coefficient (Wildman–Crippen LogP) is 21.2. The maximum absolute atomic E-state index is 12.9. The van der Waals surface area contributed by atoms with Crippen LogP contribution in [0.5, 0.6) is 0 Å². The first-order valence-corrected chi connectivity index (χ1v) is 31.7. The van der Waals surface area contributed by atoms with E-state index in [1.165, 1.54) is 250 Å². The van der Waals surface area contributed by atoms with E-state index >= 15 is 0 Å². The Morgan fingerprint density at radius 1 is 0.271 bits per heavy atom. The minimum atomic E-state index is -0.764. The molecule has 0 heterocycles. The first kappa shape index (κ1) is 68.4. The Kier molecular flexibility index (Phi) is 55.4. The van der Waals surface area contributed by atoms with E-state index in [1.54, 1.807) is 0 Å². The molecule has 0 saturated heterocycles. The van der Waals surface area contributed by atoms with Gasteiger partial charge in [-0.1, -0.05) is 324 Å². The fourth-order valence-electron chi connectivity index (χ4n) is 9.93. The fraction of sp³-hybridized carbons (Fsp3) is 0.953. The van der Waals surface area contributed by atoms with Crippen molar-refractivity contribution in [3.8, 4) is 0 Å². The molecule has 0 aliphatic rings. The van der Waals surface area contributed by atoms with Crippen molar-refractivity contribution < 1.29 is 28.6 Å². The zero-order valence-corrected chi connectivity index (χ0v) is 48.2. The Morgan fingerprint density at radius 3 is 0.700 bits per heavy atom. The van der Waals surface area contributed by atoms with Gasteiger partial charge in [-0.3, -0.25) is 14.4 Å². The summed E-state index contributed by atoms with van der Waals surface area (Å²) in [4.78, 5) is 38.3. The Bertz CT molecular complexity index is 1070. The quantitative estimate of drug-likeness (QED) is 0.0343. The third-order valence-electron chi connectivity index (χ3n) is 14.7. The van der Waals surface area contributed by atoms with Crippen LogP contribution in [0.15, 0.2) is 0 Å². The molecule has 416 valence electrons. The summed E-state index contributed by atoms with van der Waals surface area (Å²) in [5.74, 6) is 0.843. The van der Waals surface area contributed by atoms with Gasteiger partial charge in [0.25, 0.3) is 0 Å². The van der Waals surface area contributed by atoms with Crippen molar-refractivity contribution in [1.82, 2.24) is 0 Å². The smallest absolute Gasteiger partial charge is 0.306 e. The molecule has 0 fully saturated rings. The molecule has 1 atom stereocenters. The SMILES string of the molecule is CCCCCCCCCCCCCCCCCCCCC(=O)OC[C@H](COC(=O)CCCCCCCCCCCCC(C)C)OC(=O)CCCCCCCCCCCCCCCCCCCCC(C)C. The number of esters is 3. The van der Waals surface area contributed by atoms with Crippen LogP contribution in [-0.4, -0.2) is 37.2 Å². The monoisotopic (exact) mass is 989 g/mol. The zero-order valence-electron chi connectivity index (χ0n) is 48.2. The van der Waals surface area contributed by atoms with Gasteiger partial charge in [-0.2, -0.15) is 0 Å². The van der Waals surface area contributed by atoms with Crippen LogP contribution in [0.25, 0.3) is 0 Å². The number of carbonyl (C=O) groups excluding carboxylic acids is 3. The Morgan fingerprint density at radius 2 is 0.471 bits per heavy atom. The van der Waals surface area contributed by atoms with E-state index in [0.717, 1.165) is 69.6 Å². The second-order valence-electron chi connectivity index (χ2n) is 23.0. The molecular formula is C64H124O6. The van der Waals surface area contributed by atoms with Gasteiger partial charge in [0.1, 0.15) is 13.2 Å². The maximum Gasteiger partial charge on any atom is 0.306 e. The molecule has 70 heavy (non-hydrogen) atoms. The lowest BCUT2D eigenvalue weighted by atomic mass is 10.0. The summed E-state index contributed by atoms with van der Waals surface area (Å²) >= 11 is 0. The van der Waals surface area contributed by atoms with Gasteiger partial charge in [-0.25, -0.2) is 0 Å². The molecule has 0 saturated carbocycles. The number of hydrogen-bond acceptors (Lipinski definition) is 6. The van der Waals surface area contributed by atoms with Crippen LogP contribution in [0, 0.1) is 11.8 Å². The number of carbonyl (C=O) groups is 3. The van der Waals surface area contributed by atoms with E-state index in [0.29, 0.717) is 19.3 Å². The normalized spacial score (nSPS) is 12.0. The molecule has 0 radical (unpaired) electrons. The summed E-state index contributed by atoms with van der Waals surface area (Å²) in [6.45, 7) is 11.4. The third kappa shape index (κ3) is 57.3. The van der Waals surface area contributed by atoms with Crippen molar-refractivity contribution in [3.05, 3.63) is 0 Å². The van der Waals surface area contributed by atoms with Crippen LogP contribution in [0.1, 0.15) is 362 Å². The molecule has 0 aliphatic heterocycles. The summed E-state index contributed by atoms with van der Waals surface area (Å²) in [6, 6.07) is 0. The van der Waals surface area contributed by atoms with Crippen molar-refractivity contribution in [2.75, 3.05) is 13.2 Å². The second kappa shape index (κ2) is 56.7. The van der Waals surface area contributed by atoms with Crippen molar-refractivity contribution in [2.24, 2.45) is 11.8 Å². The van der Waals surface area contributed by atoms with Gasteiger partial charge in [-0.05, 0) is 31.1 Å². The molecule has 6 heteroatoms. The highest BCUT2D eigenvalue weighted by Crippen LogP contribution is 2.19. The van der Waals surface area contributed by atoms with Gasteiger partial charge in [0, 0.05) is 19.3 Å². The standard InChI is InChI=1S/C64H124O6/c1-6-7-8-9-10-11-12-13-14-15-19-22-25-28-34-39-44-49-54-62(65)68-57-61(58-69-63(66)55-50-45-40-35-31-30-33-38-43-48-53-60(4)5)70-64(67)56-51-46-41-36-29-26-23-20-17-16-18-21-24-27-32-37-42-47-52-59(2)3/h59-61H,6-58H2,1-5H3/t61-/m1/s1. The van der Waals surface area contributed by atoms with Crippen molar-refractivity contribution in [1.29, 1.82) is 0 Å². The lowest BCUT2D eigenvalue weighted by Gasteiger charge is -2.18. The summed E-state index contributed by atoms with van der Waals surface area (Å²) in [6.07, 6.45) is 62.5. The van der Waals surface area contributed by atoms with E-state index < -0.39 is 6.10 Å². The van der Waals surface area contributed by atoms with E-state index in [1.807, 2.05) is 0 Å². The third-order valence-corrected chi connectivity index (χ3v) is 14.7. The van der Waals surface area contributed by atoms with Gasteiger partial charge in [0.05, 0.1) is 0 Å². The molecule has 0 rings (SSSR count).